The summed E-state index contributed by atoms with van der Waals surface area (Å²) in [6.45, 7) is 6.99. The van der Waals surface area contributed by atoms with E-state index in [1.54, 1.807) is 35.5 Å². The number of aromatic nitrogens is 4. The standard InChI is InChI=1S/C26H26N8O2S/c1-3-21(33-12-10-28-11-13-33)19(14-27)30-24(35)20-16-37-25(31-20)34-22-8-4-7-18(17-6-5-9-29-15-17)23(22)32(2)26(34)36/h3-9,14-16,27-28H,1,10-13H2,2H3,(H,30,35)/b21-19-,27-14?. The van der Waals surface area contributed by atoms with E-state index in [9.17, 15) is 9.59 Å². The van der Waals surface area contributed by atoms with Crippen molar-refractivity contribution in [2.45, 2.75) is 0 Å². The van der Waals surface area contributed by atoms with Crippen LogP contribution in [-0.2, 0) is 7.05 Å². The number of pyridine rings is 1. The van der Waals surface area contributed by atoms with Gasteiger partial charge in [-0.05, 0) is 18.2 Å². The van der Waals surface area contributed by atoms with E-state index < -0.39 is 5.91 Å². The SMILES string of the molecule is C=C/C(=C(\C=N)NC(=O)c1csc(-n2c(=O)n(C)c3c(-c4cccnc4)cccc32)n1)N1CCNCC1. The summed E-state index contributed by atoms with van der Waals surface area (Å²) in [6.07, 6.45) is 6.22. The predicted molar refractivity (Wildman–Crippen MR) is 145 cm³/mol. The number of carbonyl (C=O) groups is 1. The number of thiazole rings is 1. The van der Waals surface area contributed by atoms with Crippen LogP contribution in [0.3, 0.4) is 0 Å². The van der Waals surface area contributed by atoms with Crippen molar-refractivity contribution in [2.24, 2.45) is 7.05 Å². The quantitative estimate of drug-likeness (QED) is 0.257. The molecule has 1 fully saturated rings. The summed E-state index contributed by atoms with van der Waals surface area (Å²) in [6, 6.07) is 9.49. The molecular formula is C26H26N8O2S. The zero-order valence-electron chi connectivity index (χ0n) is 20.3. The zero-order valence-corrected chi connectivity index (χ0v) is 21.1. The van der Waals surface area contributed by atoms with Crippen LogP contribution in [0.5, 0.6) is 0 Å². The fourth-order valence-corrected chi connectivity index (χ4v) is 5.31. The minimum absolute atomic E-state index is 0.162. The molecule has 0 aliphatic carbocycles. The second-order valence-corrected chi connectivity index (χ2v) is 9.28. The Hall–Kier alpha value is -4.35. The highest BCUT2D eigenvalue weighted by molar-refractivity contribution is 7.12. The van der Waals surface area contributed by atoms with Crippen LogP contribution in [0.1, 0.15) is 10.5 Å². The lowest BCUT2D eigenvalue weighted by atomic mass is 10.1. The summed E-state index contributed by atoms with van der Waals surface area (Å²) in [7, 11) is 1.72. The molecule has 4 heterocycles. The fourth-order valence-electron chi connectivity index (χ4n) is 4.50. The summed E-state index contributed by atoms with van der Waals surface area (Å²) in [4.78, 5) is 37.2. The Morgan fingerprint density at radius 1 is 1.24 bits per heavy atom. The third kappa shape index (κ3) is 4.50. The Kier molecular flexibility index (Phi) is 6.80. The molecule has 188 valence electrons. The van der Waals surface area contributed by atoms with Crippen molar-refractivity contribution >= 4 is 34.5 Å². The van der Waals surface area contributed by atoms with Crippen molar-refractivity contribution in [1.29, 1.82) is 5.41 Å². The van der Waals surface area contributed by atoms with Gasteiger partial charge in [0, 0.05) is 68.3 Å². The number of piperazine rings is 1. The largest absolute Gasteiger partial charge is 0.367 e. The maximum Gasteiger partial charge on any atom is 0.335 e. The highest BCUT2D eigenvalue weighted by Gasteiger charge is 2.21. The molecule has 11 heteroatoms. The molecule has 0 unspecified atom stereocenters. The maximum absolute atomic E-state index is 13.3. The van der Waals surface area contributed by atoms with Crippen LogP contribution >= 0.6 is 11.3 Å². The van der Waals surface area contributed by atoms with Gasteiger partial charge in [-0.1, -0.05) is 24.8 Å². The van der Waals surface area contributed by atoms with Crippen molar-refractivity contribution < 1.29 is 4.79 Å². The minimum atomic E-state index is -0.459. The lowest BCUT2D eigenvalue weighted by Gasteiger charge is -2.31. The second kappa shape index (κ2) is 10.3. The van der Waals surface area contributed by atoms with Crippen LogP contribution in [0.2, 0.25) is 0 Å². The molecule has 0 saturated carbocycles. The molecule has 5 rings (SSSR count). The van der Waals surface area contributed by atoms with Gasteiger partial charge in [0.05, 0.1) is 22.4 Å². The van der Waals surface area contributed by atoms with Crippen LogP contribution in [0.25, 0.3) is 27.3 Å². The molecule has 3 N–H and O–H groups in total. The Morgan fingerprint density at radius 2 is 2.05 bits per heavy atom. The van der Waals surface area contributed by atoms with E-state index in [1.807, 2.05) is 30.3 Å². The number of nitrogens with one attached hydrogen (secondary N) is 3. The van der Waals surface area contributed by atoms with Gasteiger partial charge in [0.1, 0.15) is 5.69 Å². The highest BCUT2D eigenvalue weighted by atomic mass is 32.1. The Morgan fingerprint density at radius 3 is 2.76 bits per heavy atom. The van der Waals surface area contributed by atoms with Crippen molar-refractivity contribution in [2.75, 3.05) is 26.2 Å². The van der Waals surface area contributed by atoms with Gasteiger partial charge in [0.2, 0.25) is 0 Å². The van der Waals surface area contributed by atoms with Gasteiger partial charge >= 0.3 is 5.69 Å². The van der Waals surface area contributed by atoms with Gasteiger partial charge in [-0.15, -0.1) is 11.3 Å². The number of benzene rings is 1. The molecule has 37 heavy (non-hydrogen) atoms. The number of para-hydroxylation sites is 1. The van der Waals surface area contributed by atoms with E-state index in [1.165, 1.54) is 15.9 Å². The molecule has 0 radical (unpaired) electrons. The molecule has 0 atom stereocenters. The molecule has 1 saturated heterocycles. The number of hydrogen-bond donors (Lipinski definition) is 3. The fraction of sp³-hybridized carbons (Fsp3) is 0.192. The molecule has 1 aromatic carbocycles. The van der Waals surface area contributed by atoms with E-state index in [2.05, 4.69) is 32.1 Å². The number of hydrogen-bond acceptors (Lipinski definition) is 8. The Balaban J connectivity index is 1.50. The molecule has 1 amide bonds. The molecule has 0 spiro atoms. The first-order valence-electron chi connectivity index (χ1n) is 11.7. The van der Waals surface area contributed by atoms with Gasteiger partial charge in [-0.25, -0.2) is 14.3 Å². The van der Waals surface area contributed by atoms with Crippen LogP contribution < -0.4 is 16.3 Å². The normalized spacial score (nSPS) is 14.4. The Bertz CT molecular complexity index is 1580. The molecule has 1 aliphatic rings. The predicted octanol–water partition coefficient (Wildman–Crippen LogP) is 2.53. The monoisotopic (exact) mass is 514 g/mol. The minimum Gasteiger partial charge on any atom is -0.367 e. The van der Waals surface area contributed by atoms with Gasteiger partial charge in [-0.2, -0.15) is 0 Å². The van der Waals surface area contributed by atoms with Crippen molar-refractivity contribution in [3.63, 3.8) is 0 Å². The van der Waals surface area contributed by atoms with E-state index >= 15 is 0 Å². The summed E-state index contributed by atoms with van der Waals surface area (Å²) in [5.41, 5.74) is 4.15. The number of amides is 1. The number of nitrogens with zero attached hydrogens (tertiary/aromatic N) is 5. The van der Waals surface area contributed by atoms with Crippen LogP contribution in [0, 0.1) is 5.41 Å². The van der Waals surface area contributed by atoms with Crippen molar-refractivity contribution in [3.05, 3.63) is 88.3 Å². The number of allylic oxidation sites excluding steroid dienone is 2. The second-order valence-electron chi connectivity index (χ2n) is 8.45. The summed E-state index contributed by atoms with van der Waals surface area (Å²) in [5, 5.41) is 15.9. The third-order valence-electron chi connectivity index (χ3n) is 6.28. The number of carbonyl (C=O) groups excluding carboxylic acids is 1. The molecule has 1 aliphatic heterocycles. The smallest absolute Gasteiger partial charge is 0.335 e. The molecular weight excluding hydrogens is 488 g/mol. The average molecular weight is 515 g/mol. The third-order valence-corrected chi connectivity index (χ3v) is 7.10. The summed E-state index contributed by atoms with van der Waals surface area (Å²) < 4.78 is 3.10. The maximum atomic E-state index is 13.3. The molecule has 4 aromatic rings. The van der Waals surface area contributed by atoms with Gasteiger partial charge < -0.3 is 20.9 Å². The van der Waals surface area contributed by atoms with E-state index in [0.29, 0.717) is 22.0 Å². The topological polar surface area (TPSA) is 121 Å². The van der Waals surface area contributed by atoms with Crippen LogP contribution in [0.4, 0.5) is 0 Å². The average Bonchev–Trinajstić information content (AvgIpc) is 3.52. The lowest BCUT2D eigenvalue weighted by Crippen LogP contribution is -2.43. The van der Waals surface area contributed by atoms with Gasteiger partial charge in [0.25, 0.3) is 5.91 Å². The van der Waals surface area contributed by atoms with E-state index in [-0.39, 0.29) is 11.4 Å². The Labute approximate surface area is 217 Å². The van der Waals surface area contributed by atoms with Gasteiger partial charge in [0.15, 0.2) is 5.13 Å². The highest BCUT2D eigenvalue weighted by Crippen LogP contribution is 2.29. The first kappa shape index (κ1) is 24.3. The number of imidazole rings is 1. The van der Waals surface area contributed by atoms with Crippen molar-refractivity contribution in [3.8, 4) is 16.3 Å². The zero-order chi connectivity index (χ0) is 25.9. The van der Waals surface area contributed by atoms with Crippen molar-refractivity contribution in [1.82, 2.24) is 34.6 Å². The number of fused-ring (bicyclic) bond motifs is 1. The van der Waals surface area contributed by atoms with E-state index in [0.717, 1.165) is 49.0 Å². The number of rotatable bonds is 7. The van der Waals surface area contributed by atoms with Crippen LogP contribution in [-0.4, -0.2) is 62.3 Å². The number of aryl methyl sites for hydroxylation is 1. The van der Waals surface area contributed by atoms with Gasteiger partial charge in [-0.3, -0.25) is 14.3 Å². The summed E-state index contributed by atoms with van der Waals surface area (Å²) in [5.74, 6) is -0.459. The summed E-state index contributed by atoms with van der Waals surface area (Å²) >= 11 is 1.21. The first-order chi connectivity index (χ1) is 18.0. The molecule has 0 bridgehead atoms. The van der Waals surface area contributed by atoms with Crippen LogP contribution in [0.15, 0.2) is 76.9 Å². The molecule has 3 aromatic heterocycles. The molecule has 10 nitrogen and oxygen atoms in total. The lowest BCUT2D eigenvalue weighted by molar-refractivity contribution is 0.0962. The first-order valence-corrected chi connectivity index (χ1v) is 12.6. The van der Waals surface area contributed by atoms with E-state index in [4.69, 9.17) is 5.41 Å².